The summed E-state index contributed by atoms with van der Waals surface area (Å²) in [7, 11) is -4.59. The summed E-state index contributed by atoms with van der Waals surface area (Å²) in [5, 5.41) is 9.42. The number of thiazole rings is 2. The number of fused-ring (bicyclic) bond motifs is 2. The fourth-order valence-electron chi connectivity index (χ4n) is 9.47. The van der Waals surface area contributed by atoms with Gasteiger partial charge in [-0.25, -0.2) is 46.2 Å². The molecule has 2 N–H and O–H groups in total. The summed E-state index contributed by atoms with van der Waals surface area (Å²) in [5.41, 5.74) is 3.21. The molecular formula is C56H72BBrN12O10S4. The zero-order valence-corrected chi connectivity index (χ0v) is 54.0. The number of hydrogen-bond acceptors (Lipinski definition) is 22. The molecule has 2 unspecified atom stereocenters. The second-order valence-electron chi connectivity index (χ2n) is 22.5. The number of ether oxygens (including phenoxy) is 2. The van der Waals surface area contributed by atoms with Crippen LogP contribution in [-0.4, -0.2) is 128 Å². The van der Waals surface area contributed by atoms with Crippen molar-refractivity contribution in [2.45, 2.75) is 140 Å². The second-order valence-corrected chi connectivity index (χ2v) is 29.0. The van der Waals surface area contributed by atoms with E-state index in [9.17, 15) is 16.8 Å². The van der Waals surface area contributed by atoms with Crippen molar-refractivity contribution in [3.05, 3.63) is 89.0 Å². The smallest absolute Gasteiger partial charge is 0.467 e. The van der Waals surface area contributed by atoms with Crippen LogP contribution in [-0.2, 0) is 29.4 Å². The minimum absolute atomic E-state index is 0.0118. The van der Waals surface area contributed by atoms with Crippen molar-refractivity contribution in [3.8, 4) is 21.6 Å². The molecule has 3 fully saturated rings. The van der Waals surface area contributed by atoms with E-state index >= 15 is 0 Å². The SMILES string of the molecule is CC(C)c1noc(N2CCC(C(C)Oc3nc4ccc(Br)nc4s3)CC2)n1.CNS(=O)(=O)c1ccc(-c2ccc3nc(OC(C)C4CCN(c5nc(C(C)C)no5)CC4)sc3n2)cc1.CNS(=O)(=O)c1ccc(B2OC(C)(C)C(C)(C)O2)cc1. The number of pyridine rings is 2. The third kappa shape index (κ3) is 14.7. The van der Waals surface area contributed by atoms with Gasteiger partial charge in [0.15, 0.2) is 11.6 Å². The summed E-state index contributed by atoms with van der Waals surface area (Å²) >= 11 is 6.30. The van der Waals surface area contributed by atoms with E-state index in [1.165, 1.54) is 36.8 Å². The number of benzene rings is 2. The molecule has 0 saturated carbocycles. The van der Waals surface area contributed by atoms with Crippen LogP contribution in [0, 0.1) is 11.8 Å². The van der Waals surface area contributed by atoms with Crippen LogP contribution in [0.1, 0.15) is 118 Å². The number of anilines is 2. The van der Waals surface area contributed by atoms with Gasteiger partial charge in [-0.15, -0.1) is 0 Å². The lowest BCUT2D eigenvalue weighted by Crippen LogP contribution is -2.41. The van der Waals surface area contributed by atoms with E-state index in [4.69, 9.17) is 32.8 Å². The van der Waals surface area contributed by atoms with Crippen molar-refractivity contribution < 1.29 is 44.7 Å². The molecule has 0 spiro atoms. The van der Waals surface area contributed by atoms with Gasteiger partial charge in [0.25, 0.3) is 10.4 Å². The van der Waals surface area contributed by atoms with Crippen LogP contribution < -0.4 is 34.2 Å². The van der Waals surface area contributed by atoms with Gasteiger partial charge in [-0.05, 0) is 163 Å². The van der Waals surface area contributed by atoms with E-state index in [0.717, 1.165) is 106 Å². The molecule has 0 radical (unpaired) electrons. The first-order valence-electron chi connectivity index (χ1n) is 28.0. The van der Waals surface area contributed by atoms with Gasteiger partial charge in [-0.3, -0.25) is 0 Å². The minimum Gasteiger partial charge on any atom is -0.467 e. The Morgan fingerprint density at radius 2 is 1.00 bits per heavy atom. The van der Waals surface area contributed by atoms with Gasteiger partial charge >= 0.3 is 19.1 Å². The average molecular weight is 1290 g/mol. The molecule has 6 aromatic heterocycles. The molecule has 0 amide bonds. The highest BCUT2D eigenvalue weighted by Gasteiger charge is 2.51. The molecule has 3 saturated heterocycles. The maximum Gasteiger partial charge on any atom is 0.494 e. The van der Waals surface area contributed by atoms with E-state index in [1.54, 1.807) is 48.5 Å². The molecule has 9 heterocycles. The summed E-state index contributed by atoms with van der Waals surface area (Å²) in [5.74, 6) is 2.88. The normalized spacial score (nSPS) is 17.5. The summed E-state index contributed by atoms with van der Waals surface area (Å²) < 4.78 is 87.8. The van der Waals surface area contributed by atoms with Crippen molar-refractivity contribution in [1.82, 2.24) is 49.7 Å². The summed E-state index contributed by atoms with van der Waals surface area (Å²) in [6, 6.07) is 22.1. The molecule has 450 valence electrons. The van der Waals surface area contributed by atoms with Crippen molar-refractivity contribution in [2.75, 3.05) is 50.1 Å². The van der Waals surface area contributed by atoms with Crippen molar-refractivity contribution in [3.63, 3.8) is 0 Å². The van der Waals surface area contributed by atoms with Crippen LogP contribution in [0.15, 0.2) is 96.2 Å². The van der Waals surface area contributed by atoms with Crippen molar-refractivity contribution >= 4 is 104 Å². The fraction of sp³-hybridized carbons (Fsp3) is 0.500. The number of sulfonamides is 2. The van der Waals surface area contributed by atoms with Gasteiger partial charge in [0, 0.05) is 43.6 Å². The Kier molecular flexibility index (Phi) is 19.5. The quantitative estimate of drug-likeness (QED) is 0.0673. The third-order valence-electron chi connectivity index (χ3n) is 15.6. The largest absolute Gasteiger partial charge is 0.494 e. The molecule has 2 aromatic carbocycles. The summed E-state index contributed by atoms with van der Waals surface area (Å²) in [6.07, 6.45) is 4.09. The van der Waals surface area contributed by atoms with Crippen LogP contribution in [0.25, 0.3) is 32.0 Å². The monoisotopic (exact) mass is 1290 g/mol. The van der Waals surface area contributed by atoms with Crippen LogP contribution in [0.3, 0.4) is 0 Å². The van der Waals surface area contributed by atoms with Gasteiger partial charge in [-0.2, -0.15) is 9.97 Å². The predicted molar refractivity (Wildman–Crippen MR) is 329 cm³/mol. The van der Waals surface area contributed by atoms with Gasteiger partial charge < -0.3 is 37.6 Å². The number of aromatic nitrogens is 8. The average Bonchev–Trinajstić information content (AvgIpc) is 4.50. The molecule has 3 aliphatic heterocycles. The molecule has 0 bridgehead atoms. The highest BCUT2D eigenvalue weighted by Crippen LogP contribution is 2.38. The van der Waals surface area contributed by atoms with Crippen molar-refractivity contribution in [2.24, 2.45) is 11.8 Å². The Balaban J connectivity index is 0.000000159. The molecule has 28 heteroatoms. The lowest BCUT2D eigenvalue weighted by Gasteiger charge is -2.33. The lowest BCUT2D eigenvalue weighted by atomic mass is 9.79. The standard InChI is InChI=1S/C25H30N6O4S2.C18H22BrN5O2S.C13H20BNO4S/c1-15(2)22-29-24(35-30-22)31-13-11-17(12-14-31)16(3)34-25-28-21-10-9-20(27-23(21)36-25)18-5-7-19(8-6-18)37(32,33)26-4;1-10(2)15-22-17(26-23-15)24-8-6-12(7-9-24)11(3)25-18-20-13-4-5-14(19)21-16(13)27-18;1-12(2)13(3,4)19-14(18-12)10-6-8-11(9-7-10)20(16,17)15-5/h5-10,15-17,26H,11-14H2,1-4H3;4-5,10-12H,6-9H2,1-3H3;6-9,15H,1-5H3. The maximum absolute atomic E-state index is 12.0. The van der Waals surface area contributed by atoms with Crippen LogP contribution in [0.2, 0.25) is 0 Å². The Morgan fingerprint density at radius 1 is 0.583 bits per heavy atom. The van der Waals surface area contributed by atoms with Crippen LogP contribution in [0.5, 0.6) is 10.4 Å². The minimum atomic E-state index is -3.48. The number of nitrogens with zero attached hydrogens (tertiary/aromatic N) is 10. The van der Waals surface area contributed by atoms with Crippen molar-refractivity contribution in [1.29, 1.82) is 0 Å². The fourth-order valence-corrected chi connectivity index (χ4v) is 13.1. The Labute approximate surface area is 507 Å². The first kappa shape index (κ1) is 62.8. The first-order valence-corrected chi connectivity index (χ1v) is 33.4. The first-order chi connectivity index (χ1) is 39.8. The van der Waals surface area contributed by atoms with Gasteiger partial charge in [-0.1, -0.05) is 84.9 Å². The number of halogens is 1. The second kappa shape index (κ2) is 26.1. The lowest BCUT2D eigenvalue weighted by molar-refractivity contribution is 0.00578. The Hall–Kier alpha value is -5.72. The van der Waals surface area contributed by atoms with E-state index < -0.39 is 38.4 Å². The van der Waals surface area contributed by atoms with E-state index in [1.807, 2.05) is 52.0 Å². The van der Waals surface area contributed by atoms with Gasteiger partial charge in [0.1, 0.15) is 37.5 Å². The zero-order valence-electron chi connectivity index (χ0n) is 49.2. The molecule has 84 heavy (non-hydrogen) atoms. The van der Waals surface area contributed by atoms with Gasteiger partial charge in [0.05, 0.1) is 26.7 Å². The number of nitrogens with one attached hydrogen (secondary N) is 2. The highest BCUT2D eigenvalue weighted by atomic mass is 79.9. The molecule has 3 aliphatic rings. The number of hydrogen-bond donors (Lipinski definition) is 2. The van der Waals surface area contributed by atoms with E-state index in [2.05, 4.69) is 112 Å². The Bertz CT molecular complexity index is 3720. The van der Waals surface area contributed by atoms with Gasteiger partial charge in [0.2, 0.25) is 20.0 Å². The zero-order chi connectivity index (χ0) is 60.3. The number of piperidine rings is 2. The van der Waals surface area contributed by atoms with E-state index in [0.29, 0.717) is 34.3 Å². The Morgan fingerprint density at radius 3 is 1.42 bits per heavy atom. The maximum atomic E-state index is 12.0. The summed E-state index contributed by atoms with van der Waals surface area (Å²) in [4.78, 5) is 33.8. The highest BCUT2D eigenvalue weighted by molar-refractivity contribution is 9.10. The molecular weight excluding hydrogens is 1220 g/mol. The topological polar surface area (TPSA) is 265 Å². The number of rotatable bonds is 16. The molecule has 8 aromatic rings. The third-order valence-corrected chi connectivity index (χ3v) is 20.6. The molecule has 2 atom stereocenters. The van der Waals surface area contributed by atoms with Crippen LogP contribution in [0.4, 0.5) is 12.0 Å². The molecule has 22 nitrogen and oxygen atoms in total. The van der Waals surface area contributed by atoms with Crippen LogP contribution >= 0.6 is 38.6 Å². The molecule has 11 rings (SSSR count). The summed E-state index contributed by atoms with van der Waals surface area (Å²) in [6.45, 7) is 23.8. The molecule has 0 aliphatic carbocycles. The predicted octanol–water partition coefficient (Wildman–Crippen LogP) is 9.99. The van der Waals surface area contributed by atoms with E-state index in [-0.39, 0.29) is 33.8 Å².